The van der Waals surface area contributed by atoms with Crippen LogP contribution in [0.15, 0.2) is 18.2 Å². The molecule has 1 spiro atoms. The van der Waals surface area contributed by atoms with Crippen LogP contribution in [0.2, 0.25) is 0 Å². The Labute approximate surface area is 170 Å². The third-order valence-electron chi connectivity index (χ3n) is 5.31. The second-order valence-electron chi connectivity index (χ2n) is 7.73. The first-order chi connectivity index (χ1) is 13.6. The number of imide groups is 1. The molecule has 1 aliphatic heterocycles. The van der Waals surface area contributed by atoms with Crippen LogP contribution >= 0.6 is 0 Å². The summed E-state index contributed by atoms with van der Waals surface area (Å²) in [5.74, 6) is -0.461. The molecule has 9 nitrogen and oxygen atoms in total. The summed E-state index contributed by atoms with van der Waals surface area (Å²) in [6, 6.07) is 4.56. The van der Waals surface area contributed by atoms with Gasteiger partial charge in [0.1, 0.15) is 5.54 Å². The van der Waals surface area contributed by atoms with Crippen molar-refractivity contribution in [2.45, 2.75) is 51.0 Å². The number of carbonyl (C=O) groups is 3. The van der Waals surface area contributed by atoms with Gasteiger partial charge in [0.15, 0.2) is 0 Å². The van der Waals surface area contributed by atoms with E-state index in [-0.39, 0.29) is 30.8 Å². The van der Waals surface area contributed by atoms with Crippen molar-refractivity contribution >= 4 is 39.2 Å². The van der Waals surface area contributed by atoms with Gasteiger partial charge >= 0.3 is 6.03 Å². The summed E-state index contributed by atoms with van der Waals surface area (Å²) in [5.41, 5.74) is 0.857. The van der Waals surface area contributed by atoms with E-state index in [2.05, 4.69) is 15.4 Å². The number of sulfonamides is 1. The Bertz CT molecular complexity index is 938. The molecule has 0 unspecified atom stereocenters. The van der Waals surface area contributed by atoms with E-state index in [1.807, 2.05) is 0 Å². The number of nitrogens with one attached hydrogen (secondary N) is 3. The van der Waals surface area contributed by atoms with E-state index >= 15 is 0 Å². The molecule has 1 aliphatic carbocycles. The molecule has 3 N–H and O–H groups in total. The van der Waals surface area contributed by atoms with Crippen molar-refractivity contribution < 1.29 is 22.8 Å². The third kappa shape index (κ3) is 4.87. The topological polar surface area (TPSA) is 125 Å². The third-order valence-corrected chi connectivity index (χ3v) is 5.90. The monoisotopic (exact) mass is 422 g/mol. The molecular formula is C19H26N4O5S. The number of nitrogens with zero attached hydrogens (tertiary/aromatic N) is 1. The van der Waals surface area contributed by atoms with Crippen LogP contribution in [0.3, 0.4) is 0 Å². The number of urea groups is 1. The zero-order chi connectivity index (χ0) is 21.2. The normalized spacial score (nSPS) is 18.2. The number of hydrogen-bond acceptors (Lipinski definition) is 5. The lowest BCUT2D eigenvalue weighted by molar-refractivity contribution is -0.131. The van der Waals surface area contributed by atoms with Crippen molar-refractivity contribution in [3.63, 3.8) is 0 Å². The maximum absolute atomic E-state index is 12.6. The van der Waals surface area contributed by atoms with Crippen molar-refractivity contribution in [3.05, 3.63) is 23.8 Å². The van der Waals surface area contributed by atoms with Gasteiger partial charge in [-0.05, 0) is 43.9 Å². The Kier molecular flexibility index (Phi) is 5.83. The maximum atomic E-state index is 12.6. The summed E-state index contributed by atoms with van der Waals surface area (Å²) in [4.78, 5) is 38.1. The summed E-state index contributed by atoms with van der Waals surface area (Å²) in [7, 11) is -3.43. The SMILES string of the molecule is Cc1ccc(NC(=O)CCCN2C(=O)NC3(CCCC3)C2=O)cc1NS(C)(=O)=O. The number of amides is 4. The molecule has 2 aliphatic rings. The first kappa shape index (κ1) is 21.1. The molecule has 2 fully saturated rings. The van der Waals surface area contributed by atoms with Gasteiger partial charge in [0, 0.05) is 18.7 Å². The van der Waals surface area contributed by atoms with E-state index in [1.165, 1.54) is 4.90 Å². The predicted octanol–water partition coefficient (Wildman–Crippen LogP) is 1.95. The second kappa shape index (κ2) is 8.02. The van der Waals surface area contributed by atoms with Crippen molar-refractivity contribution in [3.8, 4) is 0 Å². The smallest absolute Gasteiger partial charge is 0.325 e. The molecule has 0 bridgehead atoms. The first-order valence-electron chi connectivity index (χ1n) is 9.62. The van der Waals surface area contributed by atoms with Crippen LogP contribution < -0.4 is 15.4 Å². The van der Waals surface area contributed by atoms with Gasteiger partial charge in [0.25, 0.3) is 5.91 Å². The van der Waals surface area contributed by atoms with Crippen molar-refractivity contribution in [2.24, 2.45) is 0 Å². The van der Waals surface area contributed by atoms with E-state index in [0.717, 1.165) is 24.7 Å². The van der Waals surface area contributed by atoms with Crippen LogP contribution in [0, 0.1) is 6.92 Å². The first-order valence-corrected chi connectivity index (χ1v) is 11.5. The summed E-state index contributed by atoms with van der Waals surface area (Å²) < 4.78 is 25.3. The number of aryl methyl sites for hydroxylation is 1. The molecule has 1 aromatic carbocycles. The fourth-order valence-corrected chi connectivity index (χ4v) is 4.45. The lowest BCUT2D eigenvalue weighted by Crippen LogP contribution is -2.44. The van der Waals surface area contributed by atoms with Crippen molar-refractivity contribution in [1.82, 2.24) is 10.2 Å². The average molecular weight is 423 g/mol. The van der Waals surface area contributed by atoms with E-state index in [0.29, 0.717) is 30.6 Å². The molecule has 3 rings (SSSR count). The maximum Gasteiger partial charge on any atom is 0.325 e. The minimum atomic E-state index is -3.43. The second-order valence-corrected chi connectivity index (χ2v) is 9.48. The Morgan fingerprint density at radius 2 is 1.93 bits per heavy atom. The molecular weight excluding hydrogens is 396 g/mol. The summed E-state index contributed by atoms with van der Waals surface area (Å²) >= 11 is 0. The Morgan fingerprint density at radius 1 is 1.24 bits per heavy atom. The quantitative estimate of drug-likeness (QED) is 0.579. The number of hydrogen-bond donors (Lipinski definition) is 3. The van der Waals surface area contributed by atoms with Crippen LogP contribution in [-0.4, -0.2) is 49.5 Å². The van der Waals surface area contributed by atoms with Crippen LogP contribution in [0.5, 0.6) is 0 Å². The van der Waals surface area contributed by atoms with Crippen molar-refractivity contribution in [1.29, 1.82) is 0 Å². The van der Waals surface area contributed by atoms with Crippen LogP contribution in [0.4, 0.5) is 16.2 Å². The zero-order valence-electron chi connectivity index (χ0n) is 16.6. The molecule has 1 aromatic rings. The minimum absolute atomic E-state index is 0.132. The van der Waals surface area contributed by atoms with E-state index in [1.54, 1.807) is 25.1 Å². The molecule has 4 amide bonds. The molecule has 158 valence electrons. The Balaban J connectivity index is 1.52. The Hall–Kier alpha value is -2.62. The van der Waals surface area contributed by atoms with E-state index in [4.69, 9.17) is 0 Å². The standard InChI is InChI=1S/C19H26N4O5S/c1-13-7-8-14(12-15(13)22-29(2,27)28)20-16(24)6-5-11-23-17(25)19(21-18(23)26)9-3-4-10-19/h7-8,12,22H,3-6,9-11H2,1-2H3,(H,20,24)(H,21,26). The summed E-state index contributed by atoms with van der Waals surface area (Å²) in [6.07, 6.45) is 4.74. The van der Waals surface area contributed by atoms with Gasteiger partial charge in [-0.15, -0.1) is 0 Å². The largest absolute Gasteiger partial charge is 0.326 e. The molecule has 0 radical (unpaired) electrons. The average Bonchev–Trinajstić information content (AvgIpc) is 3.17. The van der Waals surface area contributed by atoms with Gasteiger partial charge in [0.05, 0.1) is 11.9 Å². The van der Waals surface area contributed by atoms with E-state index < -0.39 is 15.6 Å². The van der Waals surface area contributed by atoms with Crippen LogP contribution in [-0.2, 0) is 19.6 Å². The van der Waals surface area contributed by atoms with Gasteiger partial charge in [-0.1, -0.05) is 18.9 Å². The number of anilines is 2. The highest BCUT2D eigenvalue weighted by atomic mass is 32.2. The molecule has 1 saturated heterocycles. The summed E-state index contributed by atoms with van der Waals surface area (Å²) in [5, 5.41) is 5.53. The fraction of sp³-hybridized carbons (Fsp3) is 0.526. The molecule has 10 heteroatoms. The predicted molar refractivity (Wildman–Crippen MR) is 109 cm³/mol. The molecule has 29 heavy (non-hydrogen) atoms. The highest BCUT2D eigenvalue weighted by molar-refractivity contribution is 7.92. The van der Waals surface area contributed by atoms with Gasteiger partial charge in [-0.2, -0.15) is 0 Å². The van der Waals surface area contributed by atoms with Crippen molar-refractivity contribution in [2.75, 3.05) is 22.8 Å². The lowest BCUT2D eigenvalue weighted by atomic mass is 9.98. The van der Waals surface area contributed by atoms with Gasteiger partial charge in [-0.25, -0.2) is 13.2 Å². The van der Waals surface area contributed by atoms with Gasteiger partial charge in [-0.3, -0.25) is 19.2 Å². The van der Waals surface area contributed by atoms with Crippen LogP contribution in [0.25, 0.3) is 0 Å². The molecule has 0 aromatic heterocycles. The summed E-state index contributed by atoms with van der Waals surface area (Å²) in [6.45, 7) is 1.95. The molecule has 0 atom stereocenters. The lowest BCUT2D eigenvalue weighted by Gasteiger charge is -2.19. The van der Waals surface area contributed by atoms with Gasteiger partial charge in [0.2, 0.25) is 15.9 Å². The molecule has 1 heterocycles. The van der Waals surface area contributed by atoms with Crippen LogP contribution in [0.1, 0.15) is 44.1 Å². The number of carbonyl (C=O) groups excluding carboxylic acids is 3. The fourth-order valence-electron chi connectivity index (χ4n) is 3.83. The molecule has 1 saturated carbocycles. The number of rotatable bonds is 7. The van der Waals surface area contributed by atoms with Gasteiger partial charge < -0.3 is 10.6 Å². The highest BCUT2D eigenvalue weighted by Gasteiger charge is 2.51. The minimum Gasteiger partial charge on any atom is -0.326 e. The zero-order valence-corrected chi connectivity index (χ0v) is 17.4. The number of benzene rings is 1. The highest BCUT2D eigenvalue weighted by Crippen LogP contribution is 2.35. The Morgan fingerprint density at radius 3 is 2.59 bits per heavy atom. The van der Waals surface area contributed by atoms with E-state index in [9.17, 15) is 22.8 Å².